The molecule has 170 valence electrons. The molecule has 1 fully saturated rings. The normalized spacial score (nSPS) is 24.4. The summed E-state index contributed by atoms with van der Waals surface area (Å²) in [6.07, 6.45) is -5.36. The van der Waals surface area contributed by atoms with Crippen molar-refractivity contribution in [1.29, 1.82) is 0 Å². The van der Waals surface area contributed by atoms with Gasteiger partial charge in [0.25, 0.3) is 20.2 Å². The second-order valence-electron chi connectivity index (χ2n) is 7.15. The van der Waals surface area contributed by atoms with Crippen molar-refractivity contribution in [3.05, 3.63) is 59.7 Å². The Bertz CT molecular complexity index is 1090. The molecule has 11 heteroatoms. The number of benzene rings is 2. The molecular formula is C20H24O9S2. The Balaban J connectivity index is 1.78. The largest absolute Gasteiger partial charge is 0.385 e. The SMILES string of the molecule is CO[C@H]1O[C@H](COS(=O)(=O)c2ccc(C)cc2)[C@H](OS(=O)(=O)c2ccc(C)cc2)[C@H]1O. The molecule has 0 saturated carbocycles. The zero-order valence-corrected chi connectivity index (χ0v) is 18.8. The number of aliphatic hydroxyl groups is 1. The molecule has 0 bridgehead atoms. The lowest BCUT2D eigenvalue weighted by atomic mass is 10.1. The van der Waals surface area contributed by atoms with Gasteiger partial charge in [-0.1, -0.05) is 35.4 Å². The fraction of sp³-hybridized carbons (Fsp3) is 0.400. The fourth-order valence-electron chi connectivity index (χ4n) is 2.99. The summed E-state index contributed by atoms with van der Waals surface area (Å²) in [5, 5.41) is 10.4. The molecule has 1 N–H and O–H groups in total. The third-order valence-electron chi connectivity index (χ3n) is 4.77. The number of hydrogen-bond acceptors (Lipinski definition) is 9. The van der Waals surface area contributed by atoms with Crippen molar-refractivity contribution >= 4 is 20.2 Å². The van der Waals surface area contributed by atoms with Gasteiger partial charge in [-0.25, -0.2) is 0 Å². The van der Waals surface area contributed by atoms with Crippen molar-refractivity contribution in [2.75, 3.05) is 13.7 Å². The summed E-state index contributed by atoms with van der Waals surface area (Å²) in [5.74, 6) is 0. The average molecular weight is 473 g/mol. The lowest BCUT2D eigenvalue weighted by Gasteiger charge is -2.20. The van der Waals surface area contributed by atoms with Gasteiger partial charge in [0.2, 0.25) is 0 Å². The first-order chi connectivity index (χ1) is 14.5. The van der Waals surface area contributed by atoms with E-state index in [1.54, 1.807) is 31.2 Å². The van der Waals surface area contributed by atoms with E-state index >= 15 is 0 Å². The van der Waals surface area contributed by atoms with E-state index in [1.165, 1.54) is 31.4 Å². The lowest BCUT2D eigenvalue weighted by Crippen LogP contribution is -2.39. The minimum Gasteiger partial charge on any atom is -0.385 e. The molecule has 0 spiro atoms. The Morgan fingerprint density at radius 3 is 1.84 bits per heavy atom. The maximum absolute atomic E-state index is 12.7. The summed E-state index contributed by atoms with van der Waals surface area (Å²) in [7, 11) is -7.15. The lowest BCUT2D eigenvalue weighted by molar-refractivity contribution is -0.151. The molecule has 1 heterocycles. The molecule has 0 amide bonds. The van der Waals surface area contributed by atoms with Crippen molar-refractivity contribution in [1.82, 2.24) is 0 Å². The minimum atomic E-state index is -4.27. The van der Waals surface area contributed by atoms with Crippen molar-refractivity contribution < 1.29 is 39.8 Å². The molecule has 3 rings (SSSR count). The highest BCUT2D eigenvalue weighted by Crippen LogP contribution is 2.29. The number of rotatable bonds is 8. The minimum absolute atomic E-state index is 0.0651. The van der Waals surface area contributed by atoms with Crippen LogP contribution in [0.5, 0.6) is 0 Å². The molecule has 1 aliphatic rings. The topological polar surface area (TPSA) is 125 Å². The van der Waals surface area contributed by atoms with Gasteiger partial charge >= 0.3 is 0 Å². The van der Waals surface area contributed by atoms with Gasteiger partial charge in [-0.2, -0.15) is 16.8 Å². The number of ether oxygens (including phenoxy) is 2. The molecule has 0 radical (unpaired) electrons. The van der Waals surface area contributed by atoms with Gasteiger partial charge in [-0.05, 0) is 38.1 Å². The molecule has 1 aliphatic heterocycles. The third kappa shape index (κ3) is 5.50. The molecular weight excluding hydrogens is 448 g/mol. The molecule has 4 atom stereocenters. The van der Waals surface area contributed by atoms with E-state index in [2.05, 4.69) is 0 Å². The zero-order valence-electron chi connectivity index (χ0n) is 17.2. The quantitative estimate of drug-likeness (QED) is 0.569. The van der Waals surface area contributed by atoms with Crippen LogP contribution in [0.4, 0.5) is 0 Å². The number of hydrogen-bond donors (Lipinski definition) is 1. The highest BCUT2D eigenvalue weighted by molar-refractivity contribution is 7.87. The summed E-state index contributed by atoms with van der Waals surface area (Å²) in [5.41, 5.74) is 1.73. The van der Waals surface area contributed by atoms with Crippen molar-refractivity contribution in [3.63, 3.8) is 0 Å². The van der Waals surface area contributed by atoms with Gasteiger partial charge in [0.1, 0.15) is 18.3 Å². The standard InChI is InChI=1S/C20H24O9S2/c1-13-4-8-15(9-5-13)30(22,23)27-12-17-19(18(21)20(26-3)28-17)29-31(24,25)16-10-6-14(2)7-11-16/h4-11,17-21H,12H2,1-3H3/t17-,18-,19+,20+/m1/s1. The van der Waals surface area contributed by atoms with Crippen LogP contribution in [0.15, 0.2) is 58.3 Å². The molecule has 9 nitrogen and oxygen atoms in total. The van der Waals surface area contributed by atoms with Crippen LogP contribution in [-0.4, -0.2) is 60.3 Å². The van der Waals surface area contributed by atoms with E-state index in [-0.39, 0.29) is 9.79 Å². The Hall–Kier alpha value is -1.86. The zero-order chi connectivity index (χ0) is 22.8. The summed E-state index contributed by atoms with van der Waals surface area (Å²) in [6.45, 7) is 3.03. The second kappa shape index (κ2) is 9.33. The molecule has 2 aromatic rings. The number of aryl methyl sites for hydroxylation is 2. The fourth-order valence-corrected chi connectivity index (χ4v) is 5.02. The third-order valence-corrected chi connectivity index (χ3v) is 7.39. The maximum Gasteiger partial charge on any atom is 0.297 e. The molecule has 0 aliphatic carbocycles. The number of methoxy groups -OCH3 is 1. The van der Waals surface area contributed by atoms with E-state index in [0.29, 0.717) is 0 Å². The Kier molecular flexibility index (Phi) is 7.16. The van der Waals surface area contributed by atoms with Gasteiger partial charge in [-0.3, -0.25) is 8.37 Å². The van der Waals surface area contributed by atoms with E-state index in [9.17, 15) is 21.9 Å². The molecule has 1 saturated heterocycles. The van der Waals surface area contributed by atoms with Crippen LogP contribution in [0.3, 0.4) is 0 Å². The second-order valence-corrected chi connectivity index (χ2v) is 10.3. The van der Waals surface area contributed by atoms with Gasteiger partial charge in [0.05, 0.1) is 16.4 Å². The maximum atomic E-state index is 12.7. The highest BCUT2D eigenvalue weighted by Gasteiger charge is 2.48. The van der Waals surface area contributed by atoms with E-state index in [1.807, 2.05) is 6.92 Å². The smallest absolute Gasteiger partial charge is 0.297 e. The van der Waals surface area contributed by atoms with Gasteiger partial charge < -0.3 is 14.6 Å². The molecule has 0 aromatic heterocycles. The van der Waals surface area contributed by atoms with Crippen LogP contribution in [0.2, 0.25) is 0 Å². The van der Waals surface area contributed by atoms with Crippen molar-refractivity contribution in [2.45, 2.75) is 48.2 Å². The first kappa shape index (κ1) is 23.8. The summed E-state index contributed by atoms with van der Waals surface area (Å²) in [4.78, 5) is -0.178. The Morgan fingerprint density at radius 1 is 0.871 bits per heavy atom. The average Bonchev–Trinajstić information content (AvgIpc) is 3.01. The predicted octanol–water partition coefficient (Wildman–Crippen LogP) is 1.52. The van der Waals surface area contributed by atoms with Crippen LogP contribution >= 0.6 is 0 Å². The highest BCUT2D eigenvalue weighted by atomic mass is 32.2. The first-order valence-corrected chi connectivity index (χ1v) is 12.2. The molecule has 31 heavy (non-hydrogen) atoms. The van der Waals surface area contributed by atoms with Crippen LogP contribution < -0.4 is 0 Å². The molecule has 0 unspecified atom stereocenters. The summed E-state index contributed by atoms with van der Waals surface area (Å²) < 4.78 is 70.9. The van der Waals surface area contributed by atoms with Crippen molar-refractivity contribution in [3.8, 4) is 0 Å². The molecule has 2 aromatic carbocycles. The van der Waals surface area contributed by atoms with E-state index in [4.69, 9.17) is 17.8 Å². The number of aliphatic hydroxyl groups excluding tert-OH is 1. The Labute approximate surface area is 181 Å². The summed E-state index contributed by atoms with van der Waals surface area (Å²) in [6, 6.07) is 12.0. The van der Waals surface area contributed by atoms with Crippen LogP contribution in [-0.2, 0) is 38.1 Å². The first-order valence-electron chi connectivity index (χ1n) is 9.36. The van der Waals surface area contributed by atoms with Gasteiger partial charge in [0, 0.05) is 7.11 Å². The van der Waals surface area contributed by atoms with Gasteiger partial charge in [0.15, 0.2) is 6.29 Å². The Morgan fingerprint density at radius 2 is 1.35 bits per heavy atom. The predicted molar refractivity (Wildman–Crippen MR) is 109 cm³/mol. The monoisotopic (exact) mass is 472 g/mol. The van der Waals surface area contributed by atoms with Gasteiger partial charge in [-0.15, -0.1) is 0 Å². The van der Waals surface area contributed by atoms with Crippen LogP contribution in [0.25, 0.3) is 0 Å². The van der Waals surface area contributed by atoms with Crippen LogP contribution in [0, 0.1) is 13.8 Å². The summed E-state index contributed by atoms with van der Waals surface area (Å²) >= 11 is 0. The van der Waals surface area contributed by atoms with Crippen LogP contribution in [0.1, 0.15) is 11.1 Å². The van der Waals surface area contributed by atoms with Crippen molar-refractivity contribution in [2.24, 2.45) is 0 Å². The van der Waals surface area contributed by atoms with E-state index in [0.717, 1.165) is 11.1 Å². The van der Waals surface area contributed by atoms with E-state index < -0.39 is 51.4 Å².